The van der Waals surface area contributed by atoms with Crippen molar-refractivity contribution in [1.82, 2.24) is 5.32 Å². The van der Waals surface area contributed by atoms with Gasteiger partial charge in [0.2, 0.25) is 10.0 Å². The fourth-order valence-electron chi connectivity index (χ4n) is 2.05. The third-order valence-electron chi connectivity index (χ3n) is 3.14. The van der Waals surface area contributed by atoms with Gasteiger partial charge >= 0.3 is 0 Å². The minimum absolute atomic E-state index is 0.188. The van der Waals surface area contributed by atoms with Crippen LogP contribution in [0.4, 0.5) is 5.69 Å². The molecule has 1 atom stereocenters. The van der Waals surface area contributed by atoms with E-state index < -0.39 is 10.0 Å². The van der Waals surface area contributed by atoms with Gasteiger partial charge in [-0.25, -0.2) is 8.42 Å². The Hall–Kier alpha value is -1.86. The highest BCUT2D eigenvalue weighted by Crippen LogP contribution is 2.19. The number of nitrogens with one attached hydrogen (secondary N) is 2. The number of carbonyl (C=O) groups excluding carboxylic acids is 1. The maximum atomic E-state index is 12.2. The Morgan fingerprint density at radius 2 is 1.78 bits per heavy atom. The monoisotopic (exact) mass is 396 g/mol. The van der Waals surface area contributed by atoms with Crippen LogP contribution in [0.2, 0.25) is 0 Å². The summed E-state index contributed by atoms with van der Waals surface area (Å²) in [6, 6.07) is 13.7. The fraction of sp³-hybridized carbons (Fsp3) is 0.188. The highest BCUT2D eigenvalue weighted by Gasteiger charge is 2.12. The van der Waals surface area contributed by atoms with Gasteiger partial charge in [0.25, 0.3) is 5.91 Å². The van der Waals surface area contributed by atoms with Crippen molar-refractivity contribution in [3.05, 3.63) is 64.1 Å². The lowest BCUT2D eigenvalue weighted by atomic mass is 10.1. The minimum Gasteiger partial charge on any atom is -0.346 e. The quantitative estimate of drug-likeness (QED) is 0.813. The van der Waals surface area contributed by atoms with E-state index in [-0.39, 0.29) is 11.9 Å². The molecule has 2 aromatic rings. The van der Waals surface area contributed by atoms with Crippen molar-refractivity contribution in [3.8, 4) is 0 Å². The fourth-order valence-corrected chi connectivity index (χ4v) is 2.87. The highest BCUT2D eigenvalue weighted by atomic mass is 79.9. The molecule has 23 heavy (non-hydrogen) atoms. The van der Waals surface area contributed by atoms with Gasteiger partial charge in [-0.05, 0) is 48.9 Å². The molecule has 122 valence electrons. The van der Waals surface area contributed by atoms with Crippen molar-refractivity contribution < 1.29 is 13.2 Å². The molecule has 1 amide bonds. The highest BCUT2D eigenvalue weighted by molar-refractivity contribution is 9.10. The van der Waals surface area contributed by atoms with Gasteiger partial charge in [-0.3, -0.25) is 9.52 Å². The van der Waals surface area contributed by atoms with Crippen molar-refractivity contribution in [2.24, 2.45) is 0 Å². The molecule has 7 heteroatoms. The largest absolute Gasteiger partial charge is 0.346 e. The normalized spacial score (nSPS) is 12.5. The average Bonchev–Trinajstić information content (AvgIpc) is 2.46. The van der Waals surface area contributed by atoms with Crippen LogP contribution in [0.15, 0.2) is 53.0 Å². The number of hydrogen-bond donors (Lipinski definition) is 2. The van der Waals surface area contributed by atoms with E-state index in [1.165, 1.54) is 0 Å². The molecule has 2 rings (SSSR count). The predicted molar refractivity (Wildman–Crippen MR) is 94.9 cm³/mol. The summed E-state index contributed by atoms with van der Waals surface area (Å²) in [6.45, 7) is 1.84. The first-order valence-electron chi connectivity index (χ1n) is 6.89. The number of carbonyl (C=O) groups is 1. The van der Waals surface area contributed by atoms with Crippen LogP contribution in [0.1, 0.15) is 28.9 Å². The molecule has 0 unspecified atom stereocenters. The van der Waals surface area contributed by atoms with Crippen LogP contribution >= 0.6 is 15.9 Å². The first-order valence-corrected chi connectivity index (χ1v) is 9.57. The molecule has 0 saturated carbocycles. The summed E-state index contributed by atoms with van der Waals surface area (Å²) < 4.78 is 25.9. The van der Waals surface area contributed by atoms with Crippen molar-refractivity contribution in [3.63, 3.8) is 0 Å². The standard InChI is InChI=1S/C16H17BrN2O3S/c1-11(18-16(20)12-6-8-14(17)9-7-12)13-4-3-5-15(10-13)19-23(2,21)22/h3-11,19H,1-2H3,(H,18,20)/t11-/m0/s1. The van der Waals surface area contributed by atoms with Gasteiger partial charge in [-0.2, -0.15) is 0 Å². The van der Waals surface area contributed by atoms with E-state index in [1.807, 2.05) is 13.0 Å². The van der Waals surface area contributed by atoms with E-state index >= 15 is 0 Å². The zero-order chi connectivity index (χ0) is 17.0. The molecule has 0 bridgehead atoms. The van der Waals surface area contributed by atoms with Crippen LogP contribution in [-0.4, -0.2) is 20.6 Å². The Morgan fingerprint density at radius 1 is 1.13 bits per heavy atom. The molecule has 5 nitrogen and oxygen atoms in total. The van der Waals surface area contributed by atoms with Gasteiger partial charge in [0.1, 0.15) is 0 Å². The number of amides is 1. The molecule has 0 aliphatic carbocycles. The van der Waals surface area contributed by atoms with E-state index in [9.17, 15) is 13.2 Å². The topological polar surface area (TPSA) is 75.3 Å². The van der Waals surface area contributed by atoms with E-state index in [1.54, 1.807) is 42.5 Å². The third-order valence-corrected chi connectivity index (χ3v) is 4.28. The Bertz CT molecular complexity index is 804. The molecule has 0 aliphatic rings. The van der Waals surface area contributed by atoms with Gasteiger partial charge in [0.05, 0.1) is 12.3 Å². The van der Waals surface area contributed by atoms with Crippen LogP contribution in [0.3, 0.4) is 0 Å². The van der Waals surface area contributed by atoms with Gasteiger partial charge in [0, 0.05) is 15.7 Å². The summed E-state index contributed by atoms with van der Waals surface area (Å²) in [5.74, 6) is -0.188. The number of sulfonamides is 1. The SMILES string of the molecule is C[C@H](NC(=O)c1ccc(Br)cc1)c1cccc(NS(C)(=O)=O)c1. The number of rotatable bonds is 5. The van der Waals surface area contributed by atoms with Gasteiger partial charge in [-0.1, -0.05) is 28.1 Å². The summed E-state index contributed by atoms with van der Waals surface area (Å²) in [6.07, 6.45) is 1.10. The molecule has 0 aromatic heterocycles. The van der Waals surface area contributed by atoms with Gasteiger partial charge in [-0.15, -0.1) is 0 Å². The molecule has 2 aromatic carbocycles. The Morgan fingerprint density at radius 3 is 2.39 bits per heavy atom. The number of halogens is 1. The van der Waals surface area contributed by atoms with Crippen molar-refractivity contribution in [1.29, 1.82) is 0 Å². The van der Waals surface area contributed by atoms with Crippen LogP contribution in [0, 0.1) is 0 Å². The maximum Gasteiger partial charge on any atom is 0.251 e. The van der Waals surface area contributed by atoms with Crippen LogP contribution in [-0.2, 0) is 10.0 Å². The zero-order valence-electron chi connectivity index (χ0n) is 12.7. The average molecular weight is 397 g/mol. The van der Waals surface area contributed by atoms with Crippen molar-refractivity contribution in [2.45, 2.75) is 13.0 Å². The molecule has 0 fully saturated rings. The van der Waals surface area contributed by atoms with Gasteiger partial charge in [0.15, 0.2) is 0 Å². The number of benzene rings is 2. The molecular formula is C16H17BrN2O3S. The van der Waals surface area contributed by atoms with E-state index in [4.69, 9.17) is 0 Å². The first kappa shape index (κ1) is 17.5. The minimum atomic E-state index is -3.33. The lowest BCUT2D eigenvalue weighted by Gasteiger charge is -2.16. The van der Waals surface area contributed by atoms with Crippen LogP contribution in [0.25, 0.3) is 0 Å². The second kappa shape index (κ2) is 7.14. The number of anilines is 1. The van der Waals surface area contributed by atoms with Gasteiger partial charge < -0.3 is 5.32 Å². The zero-order valence-corrected chi connectivity index (χ0v) is 15.1. The molecular weight excluding hydrogens is 380 g/mol. The Balaban J connectivity index is 2.11. The lowest BCUT2D eigenvalue weighted by Crippen LogP contribution is -2.26. The Labute approximate surface area is 144 Å². The lowest BCUT2D eigenvalue weighted by molar-refractivity contribution is 0.0940. The van der Waals surface area contributed by atoms with Crippen molar-refractivity contribution in [2.75, 3.05) is 11.0 Å². The summed E-state index contributed by atoms with van der Waals surface area (Å²) in [5, 5.41) is 2.89. The number of hydrogen-bond acceptors (Lipinski definition) is 3. The molecule has 2 N–H and O–H groups in total. The predicted octanol–water partition coefficient (Wildman–Crippen LogP) is 3.31. The van der Waals surface area contributed by atoms with Crippen LogP contribution < -0.4 is 10.0 Å². The second-order valence-electron chi connectivity index (χ2n) is 5.20. The summed E-state index contributed by atoms with van der Waals surface area (Å²) in [5.41, 5.74) is 1.84. The van der Waals surface area contributed by atoms with Crippen LogP contribution in [0.5, 0.6) is 0 Å². The molecule has 0 spiro atoms. The van der Waals surface area contributed by atoms with E-state index in [0.29, 0.717) is 11.3 Å². The smallest absolute Gasteiger partial charge is 0.251 e. The molecule has 0 aliphatic heterocycles. The second-order valence-corrected chi connectivity index (χ2v) is 7.87. The van der Waals surface area contributed by atoms with E-state index in [0.717, 1.165) is 16.3 Å². The molecule has 0 heterocycles. The summed E-state index contributed by atoms with van der Waals surface area (Å²) in [4.78, 5) is 12.2. The summed E-state index contributed by atoms with van der Waals surface area (Å²) in [7, 11) is -3.33. The Kier molecular flexibility index (Phi) is 5.43. The van der Waals surface area contributed by atoms with Crippen molar-refractivity contribution >= 4 is 37.5 Å². The summed E-state index contributed by atoms with van der Waals surface area (Å²) >= 11 is 3.33. The molecule has 0 radical (unpaired) electrons. The third kappa shape index (κ3) is 5.37. The molecule has 0 saturated heterocycles. The maximum absolute atomic E-state index is 12.2. The van der Waals surface area contributed by atoms with E-state index in [2.05, 4.69) is 26.0 Å². The first-order chi connectivity index (χ1) is 10.7.